The van der Waals surface area contributed by atoms with E-state index in [1.54, 1.807) is 46.5 Å². The molecule has 0 N–H and O–H groups in total. The fourth-order valence-electron chi connectivity index (χ4n) is 2.38. The van der Waals surface area contributed by atoms with Crippen molar-refractivity contribution >= 4 is 5.91 Å². The Hall–Kier alpha value is -3.10. The van der Waals surface area contributed by atoms with E-state index in [-0.39, 0.29) is 18.4 Å². The summed E-state index contributed by atoms with van der Waals surface area (Å²) in [5.74, 6) is 1.38. The SMILES string of the molecule is O=C(Cn1cccn1)N1CC(c2nc(-c3ncccn3)no2)C1. The highest BCUT2D eigenvalue weighted by molar-refractivity contribution is 5.77. The molecule has 1 saturated heterocycles. The van der Waals surface area contributed by atoms with Crippen LogP contribution in [-0.2, 0) is 11.3 Å². The number of likely N-dealkylation sites (tertiary alicyclic amines) is 1. The van der Waals surface area contributed by atoms with Gasteiger partial charge >= 0.3 is 0 Å². The first-order valence-electron chi connectivity index (χ1n) is 7.16. The van der Waals surface area contributed by atoms with E-state index in [2.05, 4.69) is 25.2 Å². The first-order valence-corrected chi connectivity index (χ1v) is 7.16. The second-order valence-electron chi connectivity index (χ2n) is 5.23. The molecule has 1 amide bonds. The lowest BCUT2D eigenvalue weighted by Crippen LogP contribution is -2.49. The van der Waals surface area contributed by atoms with E-state index < -0.39 is 0 Å². The third-order valence-electron chi connectivity index (χ3n) is 3.65. The van der Waals surface area contributed by atoms with Crippen molar-refractivity contribution in [2.75, 3.05) is 13.1 Å². The van der Waals surface area contributed by atoms with Gasteiger partial charge in [-0.3, -0.25) is 9.48 Å². The van der Waals surface area contributed by atoms with Gasteiger partial charge in [0.15, 0.2) is 0 Å². The largest absolute Gasteiger partial charge is 0.339 e. The minimum absolute atomic E-state index is 0.0241. The van der Waals surface area contributed by atoms with Crippen LogP contribution in [-0.4, -0.2) is 53.8 Å². The maximum absolute atomic E-state index is 12.1. The Bertz CT molecular complexity index is 794. The number of hydrogen-bond donors (Lipinski definition) is 0. The third-order valence-corrected chi connectivity index (χ3v) is 3.65. The molecule has 0 aromatic carbocycles. The van der Waals surface area contributed by atoms with E-state index in [0.717, 1.165) is 0 Å². The van der Waals surface area contributed by atoms with Crippen molar-refractivity contribution in [3.63, 3.8) is 0 Å². The lowest BCUT2D eigenvalue weighted by atomic mass is 10.00. The monoisotopic (exact) mass is 311 g/mol. The number of carbonyl (C=O) groups excluding carboxylic acids is 1. The molecule has 9 nitrogen and oxygen atoms in total. The standard InChI is InChI=1S/C14H13N7O2/c22-11(9-21-6-2-5-17-21)20-7-10(8-20)14-18-13(19-23-14)12-15-3-1-4-16-12/h1-6,10H,7-9H2. The van der Waals surface area contributed by atoms with Crippen LogP contribution in [0.1, 0.15) is 11.8 Å². The fraction of sp³-hybridized carbons (Fsp3) is 0.286. The molecule has 0 aliphatic carbocycles. The Balaban J connectivity index is 1.37. The predicted octanol–water partition coefficient (Wildman–Crippen LogP) is 0.349. The van der Waals surface area contributed by atoms with Gasteiger partial charge in [0.05, 0.1) is 5.92 Å². The molecule has 0 atom stereocenters. The van der Waals surface area contributed by atoms with Crippen LogP contribution < -0.4 is 0 Å². The summed E-state index contributed by atoms with van der Waals surface area (Å²) in [5.41, 5.74) is 0. The molecule has 1 aliphatic heterocycles. The van der Waals surface area contributed by atoms with Crippen molar-refractivity contribution in [1.29, 1.82) is 0 Å². The Kier molecular flexibility index (Phi) is 3.30. The van der Waals surface area contributed by atoms with Crippen LogP contribution in [0.15, 0.2) is 41.4 Å². The van der Waals surface area contributed by atoms with Crippen molar-refractivity contribution in [1.82, 2.24) is 34.8 Å². The van der Waals surface area contributed by atoms with Gasteiger partial charge in [-0.25, -0.2) is 9.97 Å². The van der Waals surface area contributed by atoms with Crippen molar-refractivity contribution in [2.24, 2.45) is 0 Å². The Morgan fingerprint density at radius 1 is 1.17 bits per heavy atom. The van der Waals surface area contributed by atoms with Crippen LogP contribution in [0.25, 0.3) is 11.6 Å². The van der Waals surface area contributed by atoms with Gasteiger partial charge in [0.2, 0.25) is 23.4 Å². The highest BCUT2D eigenvalue weighted by Gasteiger charge is 2.35. The zero-order chi connectivity index (χ0) is 15.6. The molecule has 0 unspecified atom stereocenters. The number of amides is 1. The van der Waals surface area contributed by atoms with Crippen molar-refractivity contribution in [3.8, 4) is 11.6 Å². The van der Waals surface area contributed by atoms with Gasteiger partial charge in [-0.15, -0.1) is 0 Å². The van der Waals surface area contributed by atoms with Crippen LogP contribution in [0.5, 0.6) is 0 Å². The zero-order valence-electron chi connectivity index (χ0n) is 12.1. The average molecular weight is 311 g/mol. The van der Waals surface area contributed by atoms with E-state index >= 15 is 0 Å². The minimum Gasteiger partial charge on any atom is -0.339 e. The number of rotatable bonds is 4. The maximum atomic E-state index is 12.1. The van der Waals surface area contributed by atoms with Gasteiger partial charge in [0.25, 0.3) is 0 Å². The highest BCUT2D eigenvalue weighted by Crippen LogP contribution is 2.27. The maximum Gasteiger partial charge on any atom is 0.244 e. The van der Waals surface area contributed by atoms with Crippen molar-refractivity contribution < 1.29 is 9.32 Å². The first kappa shape index (κ1) is 13.6. The van der Waals surface area contributed by atoms with E-state index in [9.17, 15) is 4.79 Å². The van der Waals surface area contributed by atoms with Gasteiger partial charge in [0, 0.05) is 37.9 Å². The summed E-state index contributed by atoms with van der Waals surface area (Å²) in [5, 5.41) is 7.92. The lowest BCUT2D eigenvalue weighted by Gasteiger charge is -2.37. The quantitative estimate of drug-likeness (QED) is 0.685. The number of carbonyl (C=O) groups is 1. The summed E-state index contributed by atoms with van der Waals surface area (Å²) in [7, 11) is 0. The molecule has 0 saturated carbocycles. The normalized spacial score (nSPS) is 14.7. The number of hydrogen-bond acceptors (Lipinski definition) is 7. The molecule has 9 heteroatoms. The summed E-state index contributed by atoms with van der Waals surface area (Å²) >= 11 is 0. The summed E-state index contributed by atoms with van der Waals surface area (Å²) in [6.45, 7) is 1.38. The van der Waals surface area contributed by atoms with Crippen LogP contribution in [0.3, 0.4) is 0 Å². The summed E-state index contributed by atoms with van der Waals surface area (Å²) in [6.07, 6.45) is 6.66. The number of aromatic nitrogens is 6. The molecular formula is C14H13N7O2. The van der Waals surface area contributed by atoms with E-state index in [1.165, 1.54) is 0 Å². The Morgan fingerprint density at radius 3 is 2.74 bits per heavy atom. The van der Waals surface area contributed by atoms with E-state index in [1.807, 2.05) is 0 Å². The number of nitrogens with zero attached hydrogens (tertiary/aromatic N) is 7. The van der Waals surface area contributed by atoms with Crippen molar-refractivity contribution in [3.05, 3.63) is 42.8 Å². The molecule has 116 valence electrons. The summed E-state index contributed by atoms with van der Waals surface area (Å²) in [6, 6.07) is 3.51. The smallest absolute Gasteiger partial charge is 0.244 e. The van der Waals surface area contributed by atoms with E-state index in [0.29, 0.717) is 30.6 Å². The molecule has 3 aromatic heterocycles. The Morgan fingerprint density at radius 2 is 2.00 bits per heavy atom. The fourth-order valence-corrected chi connectivity index (χ4v) is 2.38. The summed E-state index contributed by atoms with van der Waals surface area (Å²) in [4.78, 5) is 26.3. The molecule has 23 heavy (non-hydrogen) atoms. The van der Waals surface area contributed by atoms with Crippen LogP contribution in [0, 0.1) is 0 Å². The Labute approximate surface area is 131 Å². The van der Waals surface area contributed by atoms with E-state index in [4.69, 9.17) is 4.52 Å². The van der Waals surface area contributed by atoms with Gasteiger partial charge in [-0.1, -0.05) is 5.16 Å². The molecule has 0 bridgehead atoms. The zero-order valence-corrected chi connectivity index (χ0v) is 12.1. The van der Waals surface area contributed by atoms with Crippen LogP contribution in [0.2, 0.25) is 0 Å². The predicted molar refractivity (Wildman–Crippen MR) is 76.9 cm³/mol. The summed E-state index contributed by atoms with van der Waals surface area (Å²) < 4.78 is 6.86. The average Bonchev–Trinajstić information content (AvgIpc) is 3.18. The molecule has 0 spiro atoms. The minimum atomic E-state index is 0.0241. The third kappa shape index (κ3) is 2.68. The van der Waals surface area contributed by atoms with Gasteiger partial charge in [-0.2, -0.15) is 10.1 Å². The van der Waals surface area contributed by atoms with Crippen LogP contribution >= 0.6 is 0 Å². The molecule has 3 aromatic rings. The molecule has 4 heterocycles. The van der Waals surface area contributed by atoms with Gasteiger partial charge in [-0.05, 0) is 12.1 Å². The molecule has 0 radical (unpaired) electrons. The second-order valence-corrected chi connectivity index (χ2v) is 5.23. The van der Waals surface area contributed by atoms with Gasteiger partial charge in [0.1, 0.15) is 6.54 Å². The molecule has 4 rings (SSSR count). The molecule has 1 aliphatic rings. The topological polar surface area (TPSA) is 103 Å². The van der Waals surface area contributed by atoms with Crippen LogP contribution in [0.4, 0.5) is 0 Å². The van der Waals surface area contributed by atoms with Crippen molar-refractivity contribution in [2.45, 2.75) is 12.5 Å². The lowest BCUT2D eigenvalue weighted by molar-refractivity contribution is -0.136. The molecular weight excluding hydrogens is 298 g/mol. The second kappa shape index (κ2) is 5.59. The first-order chi connectivity index (χ1) is 11.3. The molecule has 1 fully saturated rings. The van der Waals surface area contributed by atoms with Gasteiger partial charge < -0.3 is 9.42 Å². The highest BCUT2D eigenvalue weighted by atomic mass is 16.5.